The van der Waals surface area contributed by atoms with Gasteiger partial charge in [0.2, 0.25) is 0 Å². The number of nitrogens with two attached hydrogens (primary N) is 1. The van der Waals surface area contributed by atoms with Crippen molar-refractivity contribution in [2.75, 3.05) is 13.1 Å². The van der Waals surface area contributed by atoms with Crippen molar-refractivity contribution in [2.45, 2.75) is 77.2 Å². The van der Waals surface area contributed by atoms with E-state index in [1.165, 1.54) is 64.2 Å². The number of unbranched alkanes of at least 4 members (excludes halogenated alkanes) is 5. The first-order chi connectivity index (χ1) is 9.27. The molecule has 0 unspecified atom stereocenters. The van der Waals surface area contributed by atoms with Gasteiger partial charge in [0.05, 0.1) is 6.54 Å². The maximum atomic E-state index is 8.73. The average molecular weight is 269 g/mol. The van der Waals surface area contributed by atoms with Crippen LogP contribution in [0.25, 0.3) is 0 Å². The van der Waals surface area contributed by atoms with Crippen LogP contribution in [0.2, 0.25) is 0 Å². The van der Waals surface area contributed by atoms with Gasteiger partial charge in [-0.3, -0.25) is 4.90 Å². The molecule has 112 valence electrons. The second-order valence-electron chi connectivity index (χ2n) is 5.77. The molecule has 0 radical (unpaired) electrons. The van der Waals surface area contributed by atoms with E-state index in [0.29, 0.717) is 18.4 Å². The van der Waals surface area contributed by atoms with Crippen molar-refractivity contribution >= 4 is 5.84 Å². The molecule has 0 spiro atoms. The minimum atomic E-state index is 0.345. The van der Waals surface area contributed by atoms with E-state index in [1.54, 1.807) is 0 Å². The van der Waals surface area contributed by atoms with Crippen LogP contribution >= 0.6 is 0 Å². The van der Waals surface area contributed by atoms with E-state index in [9.17, 15) is 0 Å². The van der Waals surface area contributed by atoms with Crippen molar-refractivity contribution in [1.82, 2.24) is 4.90 Å². The molecule has 0 aromatic rings. The van der Waals surface area contributed by atoms with Gasteiger partial charge >= 0.3 is 0 Å². The highest BCUT2D eigenvalue weighted by molar-refractivity contribution is 5.81. The molecule has 1 aliphatic rings. The molecule has 19 heavy (non-hydrogen) atoms. The fourth-order valence-electron chi connectivity index (χ4n) is 3.00. The Labute approximate surface area is 118 Å². The molecule has 0 aromatic heterocycles. The van der Waals surface area contributed by atoms with Crippen LogP contribution in [0.15, 0.2) is 5.16 Å². The van der Waals surface area contributed by atoms with Gasteiger partial charge in [0.1, 0.15) is 0 Å². The fraction of sp³-hybridized carbons (Fsp3) is 0.933. The van der Waals surface area contributed by atoms with Crippen molar-refractivity contribution in [1.29, 1.82) is 0 Å². The van der Waals surface area contributed by atoms with Gasteiger partial charge in [-0.25, -0.2) is 0 Å². The van der Waals surface area contributed by atoms with Crippen molar-refractivity contribution in [3.8, 4) is 0 Å². The molecule has 1 fully saturated rings. The second kappa shape index (κ2) is 10.1. The smallest absolute Gasteiger partial charge is 0.153 e. The van der Waals surface area contributed by atoms with Crippen LogP contribution in [0.1, 0.15) is 71.1 Å². The zero-order valence-corrected chi connectivity index (χ0v) is 12.5. The third kappa shape index (κ3) is 6.81. The standard InChI is InChI=1S/C15H31N3O/c1-2-3-4-5-6-9-12-18(13-15(16)17-19)14-10-7-8-11-14/h14,19H,2-13H2,1H3,(H2,16,17). The zero-order chi connectivity index (χ0) is 13.9. The summed E-state index contributed by atoms with van der Waals surface area (Å²) < 4.78 is 0. The molecule has 4 heteroatoms. The summed E-state index contributed by atoms with van der Waals surface area (Å²) in [7, 11) is 0. The Balaban J connectivity index is 2.24. The topological polar surface area (TPSA) is 61.8 Å². The average Bonchev–Trinajstić information content (AvgIpc) is 2.95. The van der Waals surface area contributed by atoms with E-state index in [4.69, 9.17) is 10.9 Å². The summed E-state index contributed by atoms with van der Waals surface area (Å²) in [6, 6.07) is 0.649. The van der Waals surface area contributed by atoms with Crippen LogP contribution in [-0.2, 0) is 0 Å². The van der Waals surface area contributed by atoms with Gasteiger partial charge in [0, 0.05) is 6.04 Å². The molecule has 0 aliphatic heterocycles. The number of amidine groups is 1. The van der Waals surface area contributed by atoms with Gasteiger partial charge in [0.15, 0.2) is 5.84 Å². The highest BCUT2D eigenvalue weighted by Gasteiger charge is 2.22. The minimum absolute atomic E-state index is 0.345. The van der Waals surface area contributed by atoms with E-state index < -0.39 is 0 Å². The molecule has 1 saturated carbocycles. The first-order valence-electron chi connectivity index (χ1n) is 7.98. The van der Waals surface area contributed by atoms with Crippen LogP contribution in [0, 0.1) is 0 Å². The molecule has 0 amide bonds. The summed E-state index contributed by atoms with van der Waals surface area (Å²) in [5.41, 5.74) is 5.67. The molecule has 4 nitrogen and oxygen atoms in total. The molecule has 1 aliphatic carbocycles. The molecule has 3 N–H and O–H groups in total. The highest BCUT2D eigenvalue weighted by atomic mass is 16.4. The van der Waals surface area contributed by atoms with E-state index in [-0.39, 0.29) is 0 Å². The van der Waals surface area contributed by atoms with Crippen LogP contribution in [0.5, 0.6) is 0 Å². The Morgan fingerprint density at radius 3 is 2.42 bits per heavy atom. The predicted molar refractivity (Wildman–Crippen MR) is 80.6 cm³/mol. The minimum Gasteiger partial charge on any atom is -0.409 e. The van der Waals surface area contributed by atoms with E-state index in [1.807, 2.05) is 0 Å². The van der Waals surface area contributed by atoms with E-state index >= 15 is 0 Å². The summed E-state index contributed by atoms with van der Waals surface area (Å²) in [5.74, 6) is 0.345. The number of nitrogens with zero attached hydrogens (tertiary/aromatic N) is 2. The van der Waals surface area contributed by atoms with Gasteiger partial charge in [-0.15, -0.1) is 0 Å². The Kier molecular flexibility index (Phi) is 8.63. The van der Waals surface area contributed by atoms with Crippen molar-refractivity contribution in [2.24, 2.45) is 10.9 Å². The van der Waals surface area contributed by atoms with Gasteiger partial charge in [-0.2, -0.15) is 0 Å². The van der Waals surface area contributed by atoms with Crippen LogP contribution in [0.3, 0.4) is 0 Å². The third-order valence-corrected chi connectivity index (χ3v) is 4.13. The monoisotopic (exact) mass is 269 g/mol. The van der Waals surface area contributed by atoms with Crippen molar-refractivity contribution < 1.29 is 5.21 Å². The lowest BCUT2D eigenvalue weighted by Gasteiger charge is -2.28. The molecular formula is C15H31N3O. The Hall–Kier alpha value is -0.770. The third-order valence-electron chi connectivity index (χ3n) is 4.13. The lowest BCUT2D eigenvalue weighted by atomic mass is 10.1. The van der Waals surface area contributed by atoms with Crippen molar-refractivity contribution in [3.63, 3.8) is 0 Å². The number of oxime groups is 1. The van der Waals surface area contributed by atoms with Gasteiger partial charge < -0.3 is 10.9 Å². The Morgan fingerprint density at radius 1 is 1.16 bits per heavy atom. The van der Waals surface area contributed by atoms with Crippen LogP contribution < -0.4 is 5.73 Å². The van der Waals surface area contributed by atoms with Gasteiger partial charge in [-0.05, 0) is 25.8 Å². The van der Waals surface area contributed by atoms with E-state index in [0.717, 1.165) is 6.54 Å². The molecule has 0 heterocycles. The summed E-state index contributed by atoms with van der Waals surface area (Å²) in [4.78, 5) is 2.42. The van der Waals surface area contributed by atoms with E-state index in [2.05, 4.69) is 17.0 Å². The molecular weight excluding hydrogens is 238 g/mol. The number of hydrogen-bond acceptors (Lipinski definition) is 3. The summed E-state index contributed by atoms with van der Waals surface area (Å²) in [6.45, 7) is 3.96. The second-order valence-corrected chi connectivity index (χ2v) is 5.77. The quantitative estimate of drug-likeness (QED) is 0.210. The largest absolute Gasteiger partial charge is 0.409 e. The number of rotatable bonds is 10. The molecule has 0 aromatic carbocycles. The van der Waals surface area contributed by atoms with Crippen molar-refractivity contribution in [3.05, 3.63) is 0 Å². The first kappa shape index (κ1) is 16.3. The molecule has 0 saturated heterocycles. The lowest BCUT2D eigenvalue weighted by molar-refractivity contribution is 0.217. The highest BCUT2D eigenvalue weighted by Crippen LogP contribution is 2.23. The SMILES string of the molecule is CCCCCCCCN(CC(N)=NO)C1CCCC1. The zero-order valence-electron chi connectivity index (χ0n) is 12.5. The summed E-state index contributed by atoms with van der Waals surface area (Å²) in [5, 5.41) is 11.9. The fourth-order valence-corrected chi connectivity index (χ4v) is 3.00. The van der Waals surface area contributed by atoms with Crippen LogP contribution in [0.4, 0.5) is 0 Å². The normalized spacial score (nSPS) is 17.5. The Morgan fingerprint density at radius 2 is 1.79 bits per heavy atom. The summed E-state index contributed by atoms with van der Waals surface area (Å²) >= 11 is 0. The first-order valence-corrected chi connectivity index (χ1v) is 7.98. The Bertz CT molecular complexity index is 250. The predicted octanol–water partition coefficient (Wildman–Crippen LogP) is 3.34. The lowest BCUT2D eigenvalue weighted by Crippen LogP contribution is -2.40. The number of hydrogen-bond donors (Lipinski definition) is 2. The maximum absolute atomic E-state index is 8.73. The molecule has 1 rings (SSSR count). The maximum Gasteiger partial charge on any atom is 0.153 e. The molecule has 0 bridgehead atoms. The van der Waals surface area contributed by atoms with Crippen LogP contribution in [-0.4, -0.2) is 35.1 Å². The van der Waals surface area contributed by atoms with Gasteiger partial charge in [-0.1, -0.05) is 57.0 Å². The molecule has 0 atom stereocenters. The summed E-state index contributed by atoms with van der Waals surface area (Å²) in [6.07, 6.45) is 13.1. The van der Waals surface area contributed by atoms with Gasteiger partial charge in [0.25, 0.3) is 0 Å².